The lowest BCUT2D eigenvalue weighted by molar-refractivity contribution is 0.0695. The van der Waals surface area contributed by atoms with Crippen molar-refractivity contribution in [3.63, 3.8) is 0 Å². The first kappa shape index (κ1) is 15.3. The van der Waals surface area contributed by atoms with Crippen LogP contribution in [0.25, 0.3) is 0 Å². The number of carboxylic acids is 1. The van der Waals surface area contributed by atoms with Crippen LogP contribution < -0.4 is 5.32 Å². The van der Waals surface area contributed by atoms with Crippen LogP contribution in [0.3, 0.4) is 0 Å². The van der Waals surface area contributed by atoms with E-state index in [4.69, 9.17) is 11.6 Å². The second-order valence-corrected chi connectivity index (χ2v) is 6.99. The molecule has 4 heteroatoms. The van der Waals surface area contributed by atoms with Crippen LogP contribution in [0, 0.1) is 12.8 Å². The minimum Gasteiger partial charge on any atom is -0.478 e. The Morgan fingerprint density at radius 2 is 1.96 bits per heavy atom. The zero-order valence-electron chi connectivity index (χ0n) is 13.3. The zero-order valence-corrected chi connectivity index (χ0v) is 14.0. The summed E-state index contributed by atoms with van der Waals surface area (Å²) in [6, 6.07) is 11.7. The van der Waals surface area contributed by atoms with Gasteiger partial charge in [0.25, 0.3) is 0 Å². The highest BCUT2D eigenvalue weighted by Crippen LogP contribution is 2.51. The van der Waals surface area contributed by atoms with Crippen LogP contribution >= 0.6 is 11.6 Å². The Bertz CT molecular complexity index is 841. The summed E-state index contributed by atoms with van der Waals surface area (Å²) in [4.78, 5) is 11.7. The molecule has 3 atom stereocenters. The maximum absolute atomic E-state index is 11.7. The number of nitrogens with one attached hydrogen (secondary N) is 1. The predicted octanol–water partition coefficient (Wildman–Crippen LogP) is 5.17. The number of allylic oxidation sites excluding steroid dienone is 2. The highest BCUT2D eigenvalue weighted by molar-refractivity contribution is 6.30. The Morgan fingerprint density at radius 1 is 1.21 bits per heavy atom. The van der Waals surface area contributed by atoms with Gasteiger partial charge in [-0.3, -0.25) is 0 Å². The summed E-state index contributed by atoms with van der Waals surface area (Å²) in [6.45, 7) is 2.02. The summed E-state index contributed by atoms with van der Waals surface area (Å²) >= 11 is 6.03. The molecule has 122 valence electrons. The predicted molar refractivity (Wildman–Crippen MR) is 95.9 cm³/mol. The smallest absolute Gasteiger partial charge is 0.336 e. The monoisotopic (exact) mass is 339 g/mol. The molecule has 0 saturated heterocycles. The minimum absolute atomic E-state index is 0.132. The second-order valence-electron chi connectivity index (χ2n) is 6.55. The molecule has 1 heterocycles. The Hall–Kier alpha value is -2.26. The zero-order chi connectivity index (χ0) is 16.8. The number of hydrogen-bond donors (Lipinski definition) is 2. The third kappa shape index (κ3) is 2.31. The van der Waals surface area contributed by atoms with Crippen molar-refractivity contribution < 1.29 is 9.90 Å². The SMILES string of the molecule is Cc1ccc(C(=O)O)c2c1N[C@H](c1ccc(Cl)cc1)[C@H]1CC=C[C@H]21. The summed E-state index contributed by atoms with van der Waals surface area (Å²) < 4.78 is 0. The van der Waals surface area contributed by atoms with Gasteiger partial charge >= 0.3 is 5.97 Å². The molecule has 1 aliphatic carbocycles. The molecule has 0 amide bonds. The average molecular weight is 340 g/mol. The molecule has 0 radical (unpaired) electrons. The molecule has 2 aromatic rings. The van der Waals surface area contributed by atoms with Gasteiger partial charge in [-0.25, -0.2) is 4.79 Å². The molecule has 0 bridgehead atoms. The highest BCUT2D eigenvalue weighted by atomic mass is 35.5. The molecule has 0 saturated carbocycles. The van der Waals surface area contributed by atoms with E-state index in [0.29, 0.717) is 11.5 Å². The van der Waals surface area contributed by atoms with E-state index in [1.165, 1.54) is 5.56 Å². The molecule has 2 N–H and O–H groups in total. The molecule has 2 aliphatic rings. The summed E-state index contributed by atoms with van der Waals surface area (Å²) in [5, 5.41) is 13.9. The number of carboxylic acid groups (broad SMARTS) is 1. The highest BCUT2D eigenvalue weighted by Gasteiger charge is 2.40. The van der Waals surface area contributed by atoms with Crippen molar-refractivity contribution in [1.29, 1.82) is 0 Å². The van der Waals surface area contributed by atoms with E-state index in [-0.39, 0.29) is 12.0 Å². The summed E-state index contributed by atoms with van der Waals surface area (Å²) in [5.74, 6) is -0.413. The van der Waals surface area contributed by atoms with E-state index >= 15 is 0 Å². The lowest BCUT2D eigenvalue weighted by Crippen LogP contribution is -2.31. The molecule has 0 unspecified atom stereocenters. The van der Waals surface area contributed by atoms with E-state index in [9.17, 15) is 9.90 Å². The van der Waals surface area contributed by atoms with Crippen molar-refractivity contribution in [3.05, 3.63) is 75.8 Å². The number of anilines is 1. The van der Waals surface area contributed by atoms with Crippen LogP contribution in [-0.2, 0) is 0 Å². The molecule has 0 spiro atoms. The van der Waals surface area contributed by atoms with Gasteiger partial charge in [-0.2, -0.15) is 0 Å². The fraction of sp³-hybridized carbons (Fsp3) is 0.250. The number of hydrogen-bond acceptors (Lipinski definition) is 2. The fourth-order valence-corrected chi connectivity index (χ4v) is 4.17. The van der Waals surface area contributed by atoms with Crippen molar-refractivity contribution in [1.82, 2.24) is 0 Å². The first-order chi connectivity index (χ1) is 11.6. The number of rotatable bonds is 2. The maximum Gasteiger partial charge on any atom is 0.336 e. The Labute approximate surface area is 146 Å². The first-order valence-electron chi connectivity index (χ1n) is 8.11. The summed E-state index contributed by atoms with van der Waals surface area (Å²) in [7, 11) is 0. The molecule has 2 aromatic carbocycles. The molecule has 4 rings (SSSR count). The molecular formula is C20H18ClNO2. The van der Waals surface area contributed by atoms with Crippen molar-refractivity contribution >= 4 is 23.3 Å². The largest absolute Gasteiger partial charge is 0.478 e. The number of benzene rings is 2. The molecule has 1 aliphatic heterocycles. The van der Waals surface area contributed by atoms with Gasteiger partial charge < -0.3 is 10.4 Å². The average Bonchev–Trinajstić information content (AvgIpc) is 3.05. The third-order valence-corrected chi connectivity index (χ3v) is 5.44. The number of halogens is 1. The third-order valence-electron chi connectivity index (χ3n) is 5.19. The van der Waals surface area contributed by atoms with Crippen LogP contribution in [0.5, 0.6) is 0 Å². The Kier molecular flexibility index (Phi) is 3.61. The number of aryl methyl sites for hydroxylation is 1. The number of aromatic carboxylic acids is 1. The van der Waals surface area contributed by atoms with Crippen molar-refractivity contribution in [2.45, 2.75) is 25.3 Å². The van der Waals surface area contributed by atoms with Crippen LogP contribution in [0.2, 0.25) is 5.02 Å². The molecular weight excluding hydrogens is 322 g/mol. The molecule has 3 nitrogen and oxygen atoms in total. The molecule has 0 fully saturated rings. The minimum atomic E-state index is -0.864. The molecule has 0 aromatic heterocycles. The van der Waals surface area contributed by atoms with Gasteiger partial charge in [0.15, 0.2) is 0 Å². The van der Waals surface area contributed by atoms with Crippen LogP contribution in [0.1, 0.15) is 45.4 Å². The van der Waals surface area contributed by atoms with Crippen LogP contribution in [0.15, 0.2) is 48.6 Å². The molecule has 24 heavy (non-hydrogen) atoms. The van der Waals surface area contributed by atoms with Gasteiger partial charge in [0.05, 0.1) is 11.6 Å². The van der Waals surface area contributed by atoms with Crippen molar-refractivity contribution in [2.75, 3.05) is 5.32 Å². The van der Waals surface area contributed by atoms with Gasteiger partial charge in [-0.1, -0.05) is 42.0 Å². The summed E-state index contributed by atoms with van der Waals surface area (Å²) in [6.07, 6.45) is 5.28. The van der Waals surface area contributed by atoms with E-state index in [1.807, 2.05) is 25.1 Å². The van der Waals surface area contributed by atoms with Crippen LogP contribution in [-0.4, -0.2) is 11.1 Å². The maximum atomic E-state index is 11.7. The van der Waals surface area contributed by atoms with Gasteiger partial charge in [0.2, 0.25) is 0 Å². The standard InChI is InChI=1S/C20H18ClNO2/c1-11-5-10-16(20(23)24)17-14-3-2-4-15(14)19(22-18(11)17)12-6-8-13(21)9-7-12/h2-3,5-10,14-15,19,22H,4H2,1H3,(H,23,24)/t14-,15-,19+/m0/s1. The first-order valence-corrected chi connectivity index (χ1v) is 8.49. The topological polar surface area (TPSA) is 49.3 Å². The van der Waals surface area contributed by atoms with E-state index in [2.05, 4.69) is 29.6 Å². The van der Waals surface area contributed by atoms with Crippen molar-refractivity contribution in [3.8, 4) is 0 Å². The van der Waals surface area contributed by atoms with E-state index < -0.39 is 5.97 Å². The quantitative estimate of drug-likeness (QED) is 0.742. The van der Waals surface area contributed by atoms with E-state index in [1.54, 1.807) is 6.07 Å². The number of fused-ring (bicyclic) bond motifs is 3. The fourth-order valence-electron chi connectivity index (χ4n) is 4.04. The number of carbonyl (C=O) groups is 1. The Balaban J connectivity index is 1.86. The van der Waals surface area contributed by atoms with Crippen molar-refractivity contribution in [2.24, 2.45) is 5.92 Å². The van der Waals surface area contributed by atoms with Crippen LogP contribution in [0.4, 0.5) is 5.69 Å². The lowest BCUT2D eigenvalue weighted by Gasteiger charge is -2.39. The van der Waals surface area contributed by atoms with Gasteiger partial charge in [0, 0.05) is 16.6 Å². The van der Waals surface area contributed by atoms with Gasteiger partial charge in [-0.15, -0.1) is 0 Å². The van der Waals surface area contributed by atoms with Gasteiger partial charge in [-0.05, 0) is 54.2 Å². The van der Waals surface area contributed by atoms with Gasteiger partial charge in [0.1, 0.15) is 0 Å². The normalized spacial score (nSPS) is 24.2. The lowest BCUT2D eigenvalue weighted by atomic mass is 9.75. The summed E-state index contributed by atoms with van der Waals surface area (Å²) in [5.41, 5.74) is 4.55. The second kappa shape index (κ2) is 5.67. The Morgan fingerprint density at radius 3 is 2.67 bits per heavy atom. The van der Waals surface area contributed by atoms with E-state index in [0.717, 1.165) is 28.3 Å².